The van der Waals surface area contributed by atoms with Crippen LogP contribution in [0.15, 0.2) is 18.3 Å². The van der Waals surface area contributed by atoms with Gasteiger partial charge in [0.2, 0.25) is 0 Å². The zero-order chi connectivity index (χ0) is 12.3. The Morgan fingerprint density at radius 3 is 2.82 bits per heavy atom. The average molecular weight is 229 g/mol. The van der Waals surface area contributed by atoms with E-state index in [1.807, 2.05) is 19.2 Å². The molecule has 1 aliphatic rings. The van der Waals surface area contributed by atoms with Crippen molar-refractivity contribution in [3.63, 3.8) is 0 Å². The predicted molar refractivity (Wildman–Crippen MR) is 64.6 cm³/mol. The van der Waals surface area contributed by atoms with Crippen molar-refractivity contribution in [2.24, 2.45) is 0 Å². The fourth-order valence-corrected chi connectivity index (χ4v) is 2.22. The summed E-state index contributed by atoms with van der Waals surface area (Å²) in [4.78, 5) is 17.3. The van der Waals surface area contributed by atoms with Crippen LogP contribution in [0, 0.1) is 11.3 Å². The smallest absolute Gasteiger partial charge is 0.142 e. The maximum atomic E-state index is 11.2. The molecule has 0 radical (unpaired) electrons. The van der Waals surface area contributed by atoms with Gasteiger partial charge in [0.1, 0.15) is 17.5 Å². The molecule has 0 saturated heterocycles. The van der Waals surface area contributed by atoms with Crippen LogP contribution in [0.25, 0.3) is 0 Å². The molecule has 1 fully saturated rings. The first-order valence-corrected chi connectivity index (χ1v) is 5.81. The molecule has 4 heteroatoms. The van der Waals surface area contributed by atoms with E-state index >= 15 is 0 Å². The second-order valence-corrected chi connectivity index (χ2v) is 4.39. The summed E-state index contributed by atoms with van der Waals surface area (Å²) in [5, 5.41) is 8.81. The summed E-state index contributed by atoms with van der Waals surface area (Å²) in [6, 6.07) is 6.12. The molecule has 0 bridgehead atoms. The van der Waals surface area contributed by atoms with E-state index in [0.717, 1.165) is 18.5 Å². The van der Waals surface area contributed by atoms with E-state index in [4.69, 9.17) is 5.26 Å². The lowest BCUT2D eigenvalue weighted by Crippen LogP contribution is -2.35. The van der Waals surface area contributed by atoms with Gasteiger partial charge in [0.25, 0.3) is 0 Å². The van der Waals surface area contributed by atoms with Crippen molar-refractivity contribution < 1.29 is 4.79 Å². The Balaban J connectivity index is 2.11. The van der Waals surface area contributed by atoms with E-state index in [1.165, 1.54) is 0 Å². The molecular formula is C13H15N3O. The first kappa shape index (κ1) is 11.6. The molecule has 0 N–H and O–H groups in total. The average Bonchev–Trinajstić information content (AvgIpc) is 2.39. The number of hydrogen-bond donors (Lipinski definition) is 0. The number of aromatic nitrogens is 1. The molecule has 0 atom stereocenters. The topological polar surface area (TPSA) is 57.0 Å². The fraction of sp³-hybridized carbons (Fsp3) is 0.462. The van der Waals surface area contributed by atoms with Crippen molar-refractivity contribution in [1.82, 2.24) is 4.98 Å². The zero-order valence-corrected chi connectivity index (χ0v) is 9.89. The molecule has 0 aliphatic heterocycles. The highest BCUT2D eigenvalue weighted by molar-refractivity contribution is 5.79. The Morgan fingerprint density at radius 1 is 1.47 bits per heavy atom. The number of ketones is 1. The maximum Gasteiger partial charge on any atom is 0.142 e. The zero-order valence-electron chi connectivity index (χ0n) is 9.89. The number of pyridine rings is 1. The highest BCUT2D eigenvalue weighted by Crippen LogP contribution is 2.24. The van der Waals surface area contributed by atoms with Crippen molar-refractivity contribution in [3.8, 4) is 6.07 Å². The Morgan fingerprint density at radius 2 is 2.18 bits per heavy atom. The van der Waals surface area contributed by atoms with Crippen LogP contribution in [0.4, 0.5) is 5.69 Å². The standard InChI is InChI=1S/C13H15N3O/c1-16(11-2-4-13(17)5-3-11)12-6-7-15-10(8-12)9-14/h6-8,11H,2-5H2,1H3. The monoisotopic (exact) mass is 229 g/mol. The van der Waals surface area contributed by atoms with Gasteiger partial charge in [-0.2, -0.15) is 5.26 Å². The molecule has 4 nitrogen and oxygen atoms in total. The Hall–Kier alpha value is -1.89. The SMILES string of the molecule is CN(c1ccnc(C#N)c1)C1CCC(=O)CC1. The normalized spacial score (nSPS) is 16.6. The summed E-state index contributed by atoms with van der Waals surface area (Å²) in [6.07, 6.45) is 4.80. The lowest BCUT2D eigenvalue weighted by Gasteiger charge is -2.32. The molecular weight excluding hydrogens is 214 g/mol. The van der Waals surface area contributed by atoms with E-state index in [-0.39, 0.29) is 0 Å². The lowest BCUT2D eigenvalue weighted by molar-refractivity contribution is -0.120. The summed E-state index contributed by atoms with van der Waals surface area (Å²) in [6.45, 7) is 0. The van der Waals surface area contributed by atoms with Crippen LogP contribution in [-0.4, -0.2) is 23.9 Å². The van der Waals surface area contributed by atoms with Crippen molar-refractivity contribution in [3.05, 3.63) is 24.0 Å². The van der Waals surface area contributed by atoms with E-state index < -0.39 is 0 Å². The quantitative estimate of drug-likeness (QED) is 0.777. The van der Waals surface area contributed by atoms with Crippen molar-refractivity contribution in [2.45, 2.75) is 31.7 Å². The van der Waals surface area contributed by atoms with Crippen LogP contribution >= 0.6 is 0 Å². The molecule has 0 unspecified atom stereocenters. The van der Waals surface area contributed by atoms with Gasteiger partial charge in [-0.15, -0.1) is 0 Å². The third kappa shape index (κ3) is 2.62. The second-order valence-electron chi connectivity index (χ2n) is 4.39. The third-order valence-electron chi connectivity index (χ3n) is 3.33. The van der Waals surface area contributed by atoms with Crippen LogP contribution in [0.2, 0.25) is 0 Å². The second kappa shape index (κ2) is 4.96. The van der Waals surface area contributed by atoms with Crippen LogP contribution in [0.5, 0.6) is 0 Å². The number of rotatable bonds is 2. The Kier molecular flexibility index (Phi) is 3.38. The number of carbonyl (C=O) groups excluding carboxylic acids is 1. The summed E-state index contributed by atoms with van der Waals surface area (Å²) >= 11 is 0. The molecule has 17 heavy (non-hydrogen) atoms. The van der Waals surface area contributed by atoms with E-state index in [1.54, 1.807) is 12.3 Å². The molecule has 2 rings (SSSR count). The number of hydrogen-bond acceptors (Lipinski definition) is 4. The predicted octanol–water partition coefficient (Wildman–Crippen LogP) is 1.90. The Bertz CT molecular complexity index is 454. The van der Waals surface area contributed by atoms with Gasteiger partial charge in [0, 0.05) is 37.8 Å². The highest BCUT2D eigenvalue weighted by atomic mass is 16.1. The summed E-state index contributed by atoms with van der Waals surface area (Å²) in [5.74, 6) is 0.363. The van der Waals surface area contributed by atoms with E-state index in [2.05, 4.69) is 9.88 Å². The van der Waals surface area contributed by atoms with Gasteiger partial charge < -0.3 is 4.90 Å². The van der Waals surface area contributed by atoms with Crippen molar-refractivity contribution >= 4 is 11.5 Å². The third-order valence-corrected chi connectivity index (χ3v) is 3.33. The van der Waals surface area contributed by atoms with Gasteiger partial charge in [-0.25, -0.2) is 4.98 Å². The molecule has 0 amide bonds. The molecule has 88 valence electrons. The van der Waals surface area contributed by atoms with E-state index in [0.29, 0.717) is 30.4 Å². The van der Waals surface area contributed by atoms with Crippen LogP contribution in [-0.2, 0) is 4.79 Å². The van der Waals surface area contributed by atoms with Gasteiger partial charge in [-0.05, 0) is 25.0 Å². The summed E-state index contributed by atoms with van der Waals surface area (Å²) in [5.41, 5.74) is 1.43. The summed E-state index contributed by atoms with van der Waals surface area (Å²) in [7, 11) is 2.01. The van der Waals surface area contributed by atoms with Crippen LogP contribution in [0.3, 0.4) is 0 Å². The minimum absolute atomic E-state index is 0.363. The first-order chi connectivity index (χ1) is 8.20. The van der Waals surface area contributed by atoms with Gasteiger partial charge in [-0.3, -0.25) is 4.79 Å². The molecule has 0 aromatic carbocycles. The van der Waals surface area contributed by atoms with Gasteiger partial charge in [0.05, 0.1) is 0 Å². The largest absolute Gasteiger partial charge is 0.371 e. The first-order valence-electron chi connectivity index (χ1n) is 5.81. The molecule has 1 aromatic rings. The Labute approximate surface area is 101 Å². The van der Waals surface area contributed by atoms with Gasteiger partial charge >= 0.3 is 0 Å². The van der Waals surface area contributed by atoms with Crippen molar-refractivity contribution in [2.75, 3.05) is 11.9 Å². The number of nitrogens with zero attached hydrogens (tertiary/aromatic N) is 3. The summed E-state index contributed by atoms with van der Waals surface area (Å²) < 4.78 is 0. The number of carbonyl (C=O) groups is 1. The highest BCUT2D eigenvalue weighted by Gasteiger charge is 2.22. The maximum absolute atomic E-state index is 11.2. The van der Waals surface area contributed by atoms with Gasteiger partial charge in [-0.1, -0.05) is 0 Å². The number of Topliss-reactive ketones (excluding diaryl/α,β-unsaturated/α-hetero) is 1. The lowest BCUT2D eigenvalue weighted by atomic mass is 9.93. The molecule has 1 aromatic heterocycles. The van der Waals surface area contributed by atoms with Gasteiger partial charge in [0.15, 0.2) is 0 Å². The minimum atomic E-state index is 0.363. The van der Waals surface area contributed by atoms with Crippen LogP contribution in [0.1, 0.15) is 31.4 Å². The molecule has 1 heterocycles. The van der Waals surface area contributed by atoms with Crippen molar-refractivity contribution in [1.29, 1.82) is 5.26 Å². The van der Waals surface area contributed by atoms with Crippen LogP contribution < -0.4 is 4.90 Å². The molecule has 1 saturated carbocycles. The molecule has 1 aliphatic carbocycles. The fourth-order valence-electron chi connectivity index (χ4n) is 2.22. The number of nitriles is 1. The van der Waals surface area contributed by atoms with E-state index in [9.17, 15) is 4.79 Å². The minimum Gasteiger partial charge on any atom is -0.371 e. The molecule has 0 spiro atoms. The number of anilines is 1.